The molecule has 2 aliphatic heterocycles. The molecule has 2 amide bonds. The zero-order valence-electron chi connectivity index (χ0n) is 19.0. The molecule has 1 unspecified atom stereocenters. The number of nitrogens with one attached hydrogen (secondary N) is 1. The Morgan fingerprint density at radius 1 is 1.09 bits per heavy atom. The van der Waals surface area contributed by atoms with Crippen molar-refractivity contribution in [2.45, 2.75) is 31.4 Å². The summed E-state index contributed by atoms with van der Waals surface area (Å²) in [4.78, 5) is 13.0. The number of carbonyl (C=O) groups is 1. The summed E-state index contributed by atoms with van der Waals surface area (Å²) in [6.07, 6.45) is 0. The van der Waals surface area contributed by atoms with Crippen LogP contribution in [0.15, 0.2) is 65.8 Å². The van der Waals surface area contributed by atoms with E-state index in [-0.39, 0.29) is 24.2 Å². The van der Waals surface area contributed by atoms with Gasteiger partial charge in [0.25, 0.3) is 0 Å². The number of fused-ring (bicyclic) bond motifs is 1. The van der Waals surface area contributed by atoms with Crippen LogP contribution in [0.4, 0.5) is 19.3 Å². The van der Waals surface area contributed by atoms with E-state index in [1.54, 1.807) is 12.1 Å². The first kappa shape index (κ1) is 23.1. The topological polar surface area (TPSA) is 63.2 Å². The molecule has 0 aromatic heterocycles. The summed E-state index contributed by atoms with van der Waals surface area (Å²) in [6, 6.07) is 14.7. The van der Waals surface area contributed by atoms with Gasteiger partial charge in [0.2, 0.25) is 5.79 Å². The molecule has 9 heteroatoms. The summed E-state index contributed by atoms with van der Waals surface area (Å²) in [5.41, 5.74) is 3.31. The molecule has 0 saturated carbocycles. The number of carbonyl (C=O) groups excluding carboxylic acids is 1. The maximum Gasteiger partial charge on any atom is 0.342 e. The van der Waals surface area contributed by atoms with Crippen LogP contribution < -0.4 is 14.8 Å². The van der Waals surface area contributed by atoms with E-state index in [1.807, 2.05) is 26.0 Å². The number of amides is 2. The average Bonchev–Trinajstić information content (AvgIpc) is 3.40. The summed E-state index contributed by atoms with van der Waals surface area (Å²) in [5.74, 6) is -0.564. The van der Waals surface area contributed by atoms with E-state index in [4.69, 9.17) is 21.1 Å². The third-order valence-corrected chi connectivity index (χ3v) is 6.08. The predicted molar refractivity (Wildman–Crippen MR) is 129 cm³/mol. The Morgan fingerprint density at radius 2 is 1.74 bits per heavy atom. The Morgan fingerprint density at radius 3 is 2.40 bits per heavy atom. The fourth-order valence-electron chi connectivity index (χ4n) is 4.20. The first-order valence-electron chi connectivity index (χ1n) is 11.0. The summed E-state index contributed by atoms with van der Waals surface area (Å²) in [6.45, 7) is 3.85. The number of hydrogen-bond acceptors (Lipinski definition) is 4. The minimum atomic E-state index is -0.827. The van der Waals surface area contributed by atoms with Gasteiger partial charge in [-0.1, -0.05) is 12.1 Å². The molecular weight excluding hydrogens is 476 g/mol. The number of halogens is 3. The van der Waals surface area contributed by atoms with Crippen LogP contribution in [0.5, 0.6) is 11.5 Å². The van der Waals surface area contributed by atoms with Gasteiger partial charge in [0.1, 0.15) is 11.6 Å². The highest BCUT2D eigenvalue weighted by Crippen LogP contribution is 2.45. The fourth-order valence-corrected chi connectivity index (χ4v) is 4.40. The summed E-state index contributed by atoms with van der Waals surface area (Å²) in [5, 5.41) is 8.61. The zero-order valence-corrected chi connectivity index (χ0v) is 19.8. The molecule has 0 aliphatic carbocycles. The van der Waals surface area contributed by atoms with Crippen molar-refractivity contribution >= 4 is 29.0 Å². The second kappa shape index (κ2) is 8.85. The number of alkyl halides is 1. The number of rotatable bonds is 4. The van der Waals surface area contributed by atoms with Crippen LogP contribution in [-0.4, -0.2) is 29.1 Å². The van der Waals surface area contributed by atoms with Crippen molar-refractivity contribution in [2.75, 3.05) is 11.9 Å². The molecule has 1 atom stereocenters. The number of urea groups is 1. The lowest BCUT2D eigenvalue weighted by Crippen LogP contribution is -2.30. The van der Waals surface area contributed by atoms with Gasteiger partial charge in [-0.05, 0) is 59.7 Å². The SMILES string of the molecule is CC1(C)Oc2cc(C3CN(C(=O)Nc4ccc(F)cc4)N=C3c3ccc(F)cc3)cc(CCl)c2O1. The predicted octanol–water partition coefficient (Wildman–Crippen LogP) is 6.25. The molecule has 3 aromatic rings. The first-order chi connectivity index (χ1) is 16.7. The summed E-state index contributed by atoms with van der Waals surface area (Å²) < 4.78 is 38.7. The Balaban J connectivity index is 1.50. The van der Waals surface area contributed by atoms with Crippen molar-refractivity contribution in [3.8, 4) is 11.5 Å². The molecule has 0 bridgehead atoms. The van der Waals surface area contributed by atoms with Crippen LogP contribution in [0.1, 0.15) is 36.5 Å². The van der Waals surface area contributed by atoms with Gasteiger partial charge in [0.05, 0.1) is 18.1 Å². The highest BCUT2D eigenvalue weighted by molar-refractivity contribution is 6.17. The minimum Gasteiger partial charge on any atom is -0.449 e. The van der Waals surface area contributed by atoms with Crippen LogP contribution in [-0.2, 0) is 5.88 Å². The zero-order chi connectivity index (χ0) is 24.7. The van der Waals surface area contributed by atoms with Crippen LogP contribution in [0.2, 0.25) is 0 Å². The molecule has 2 heterocycles. The largest absolute Gasteiger partial charge is 0.449 e. The Hall–Kier alpha value is -3.65. The van der Waals surface area contributed by atoms with Crippen molar-refractivity contribution in [1.82, 2.24) is 5.01 Å². The fraction of sp³-hybridized carbons (Fsp3) is 0.231. The smallest absolute Gasteiger partial charge is 0.342 e. The van der Waals surface area contributed by atoms with Crippen molar-refractivity contribution in [2.24, 2.45) is 5.10 Å². The molecule has 5 rings (SSSR count). The lowest BCUT2D eigenvalue weighted by molar-refractivity contribution is -0.0434. The van der Waals surface area contributed by atoms with Crippen LogP contribution in [0.3, 0.4) is 0 Å². The van der Waals surface area contributed by atoms with Crippen LogP contribution in [0.25, 0.3) is 0 Å². The van der Waals surface area contributed by atoms with E-state index in [2.05, 4.69) is 10.4 Å². The van der Waals surface area contributed by atoms with Gasteiger partial charge in [-0.15, -0.1) is 11.6 Å². The van der Waals surface area contributed by atoms with E-state index in [9.17, 15) is 13.6 Å². The molecule has 35 heavy (non-hydrogen) atoms. The molecule has 0 spiro atoms. The molecule has 0 radical (unpaired) electrons. The number of anilines is 1. The Kier molecular flexibility index (Phi) is 5.84. The molecule has 6 nitrogen and oxygen atoms in total. The third-order valence-electron chi connectivity index (χ3n) is 5.79. The maximum atomic E-state index is 13.6. The van der Waals surface area contributed by atoms with Crippen molar-refractivity contribution in [3.05, 3.63) is 89.0 Å². The molecule has 0 saturated heterocycles. The summed E-state index contributed by atoms with van der Waals surface area (Å²) >= 11 is 6.22. The van der Waals surface area contributed by atoms with Gasteiger partial charge in [-0.25, -0.2) is 18.6 Å². The van der Waals surface area contributed by atoms with E-state index in [1.165, 1.54) is 41.4 Å². The van der Waals surface area contributed by atoms with Gasteiger partial charge < -0.3 is 14.8 Å². The van der Waals surface area contributed by atoms with Gasteiger partial charge in [-0.3, -0.25) is 0 Å². The number of ether oxygens (including phenoxy) is 2. The normalized spacial score (nSPS) is 17.9. The van der Waals surface area contributed by atoms with Crippen molar-refractivity contribution in [1.29, 1.82) is 0 Å². The monoisotopic (exact) mass is 497 g/mol. The molecule has 0 fully saturated rings. The molecule has 1 N–H and O–H groups in total. The average molecular weight is 498 g/mol. The lowest BCUT2D eigenvalue weighted by atomic mass is 9.89. The number of benzene rings is 3. The number of nitrogens with zero attached hydrogens (tertiary/aromatic N) is 2. The molecule has 180 valence electrons. The first-order valence-corrected chi connectivity index (χ1v) is 11.6. The van der Waals surface area contributed by atoms with Crippen molar-refractivity contribution < 1.29 is 23.0 Å². The Bertz CT molecular complexity index is 1310. The molecule has 2 aliphatic rings. The van der Waals surface area contributed by atoms with Crippen LogP contribution >= 0.6 is 11.6 Å². The third kappa shape index (κ3) is 4.66. The summed E-state index contributed by atoms with van der Waals surface area (Å²) in [7, 11) is 0. The second-order valence-corrected chi connectivity index (χ2v) is 9.08. The lowest BCUT2D eigenvalue weighted by Gasteiger charge is -2.17. The standard InChI is InChI=1S/C26H22ClF2N3O3/c1-26(2)34-22-12-16(11-17(13-27)24(22)35-26)21-14-32(25(33)30-20-9-7-19(29)8-10-20)31-23(21)15-3-5-18(28)6-4-15/h3-12,21H,13-14H2,1-2H3,(H,30,33). The van der Waals surface area contributed by atoms with Gasteiger partial charge in [0, 0.05) is 31.0 Å². The highest BCUT2D eigenvalue weighted by atomic mass is 35.5. The van der Waals surface area contributed by atoms with E-state index < -0.39 is 17.6 Å². The van der Waals surface area contributed by atoms with Crippen molar-refractivity contribution in [3.63, 3.8) is 0 Å². The van der Waals surface area contributed by atoms with Gasteiger partial charge in [0.15, 0.2) is 11.5 Å². The maximum absolute atomic E-state index is 13.6. The van der Waals surface area contributed by atoms with Crippen LogP contribution in [0, 0.1) is 11.6 Å². The van der Waals surface area contributed by atoms with Gasteiger partial charge in [-0.2, -0.15) is 5.10 Å². The minimum absolute atomic E-state index is 0.208. The molecule has 3 aromatic carbocycles. The molecular formula is C26H22ClF2N3O3. The number of hydrazone groups is 1. The van der Waals surface area contributed by atoms with Gasteiger partial charge >= 0.3 is 6.03 Å². The van der Waals surface area contributed by atoms with E-state index in [0.29, 0.717) is 28.5 Å². The second-order valence-electron chi connectivity index (χ2n) is 8.81. The van der Waals surface area contributed by atoms with E-state index >= 15 is 0 Å². The highest BCUT2D eigenvalue weighted by Gasteiger charge is 2.37. The number of hydrogen-bond donors (Lipinski definition) is 1. The Labute approximate surface area is 206 Å². The van der Waals surface area contributed by atoms with E-state index in [0.717, 1.165) is 11.1 Å². The quantitative estimate of drug-likeness (QED) is 0.433.